The summed E-state index contributed by atoms with van der Waals surface area (Å²) >= 11 is 0. The number of phenols is 1. The van der Waals surface area contributed by atoms with E-state index in [0.717, 1.165) is 33.2 Å². The Morgan fingerprint density at radius 2 is 1.74 bits per heavy atom. The maximum Gasteiger partial charge on any atom is 0.334 e. The zero-order valence-corrected chi connectivity index (χ0v) is 26.7. The molecule has 0 bridgehead atoms. The molecule has 46 heavy (non-hydrogen) atoms. The number of hydrogen-bond donors (Lipinski definition) is 2. The molecule has 0 saturated carbocycles. The molecular formula is C36H40N6O4. The Bertz CT molecular complexity index is 1770. The number of amides is 4. The number of benzene rings is 3. The van der Waals surface area contributed by atoms with Crippen molar-refractivity contribution >= 4 is 28.7 Å². The lowest BCUT2D eigenvalue weighted by Gasteiger charge is -2.54. The molecule has 1 aromatic heterocycles. The second-order valence-corrected chi connectivity index (χ2v) is 13.1. The fourth-order valence-corrected chi connectivity index (χ4v) is 6.54. The first-order valence-corrected chi connectivity index (χ1v) is 15.6. The molecular weight excluding hydrogens is 580 g/mol. The van der Waals surface area contributed by atoms with Gasteiger partial charge in [-0.15, -0.1) is 0 Å². The summed E-state index contributed by atoms with van der Waals surface area (Å²) in [6, 6.07) is 23.5. The van der Waals surface area contributed by atoms with Crippen LogP contribution in [0.25, 0.3) is 10.9 Å². The van der Waals surface area contributed by atoms with E-state index in [9.17, 15) is 19.5 Å². The van der Waals surface area contributed by atoms with E-state index < -0.39 is 12.2 Å². The number of carbonyl (C=O) groups is 3. The number of urea groups is 1. The van der Waals surface area contributed by atoms with Crippen molar-refractivity contribution in [3.8, 4) is 5.75 Å². The minimum absolute atomic E-state index is 0.0465. The van der Waals surface area contributed by atoms with Crippen LogP contribution in [0.15, 0.2) is 85.1 Å². The van der Waals surface area contributed by atoms with Crippen LogP contribution in [-0.4, -0.2) is 80.1 Å². The van der Waals surface area contributed by atoms with Crippen LogP contribution in [0.4, 0.5) is 4.79 Å². The number of rotatable bonds is 6. The predicted molar refractivity (Wildman–Crippen MR) is 175 cm³/mol. The summed E-state index contributed by atoms with van der Waals surface area (Å²) in [5.41, 5.74) is 3.89. The van der Waals surface area contributed by atoms with Crippen LogP contribution in [0.5, 0.6) is 5.75 Å². The van der Waals surface area contributed by atoms with Gasteiger partial charge in [0, 0.05) is 38.1 Å². The Morgan fingerprint density at radius 3 is 2.50 bits per heavy atom. The lowest BCUT2D eigenvalue weighted by molar-refractivity contribution is -0.187. The van der Waals surface area contributed by atoms with E-state index in [1.807, 2.05) is 87.5 Å². The fourth-order valence-electron chi connectivity index (χ4n) is 6.54. The van der Waals surface area contributed by atoms with Crippen molar-refractivity contribution in [1.82, 2.24) is 30.1 Å². The van der Waals surface area contributed by atoms with Gasteiger partial charge in [0.2, 0.25) is 11.8 Å². The molecule has 0 unspecified atom stereocenters. The van der Waals surface area contributed by atoms with Gasteiger partial charge in [-0.3, -0.25) is 14.6 Å². The van der Waals surface area contributed by atoms with Crippen LogP contribution in [0.3, 0.4) is 0 Å². The average Bonchev–Trinajstić information content (AvgIpc) is 3.03. The van der Waals surface area contributed by atoms with Crippen LogP contribution in [0.1, 0.15) is 43.0 Å². The van der Waals surface area contributed by atoms with Crippen LogP contribution >= 0.6 is 0 Å². The highest BCUT2D eigenvalue weighted by Gasteiger charge is 2.50. The van der Waals surface area contributed by atoms with Gasteiger partial charge in [-0.25, -0.2) is 14.8 Å². The Hall–Kier alpha value is -4.96. The summed E-state index contributed by atoms with van der Waals surface area (Å²) in [5.74, 6) is -0.234. The SMILES string of the molecule is CN1CC(=O)N2[C@@H](Cc3ccc(O)c(C(C)(C)C)c3)C(=O)N(Cc3cccc4cccnc34)C[C@@H]2N1C(=O)NCc1ccccc1. The highest BCUT2D eigenvalue weighted by atomic mass is 16.3. The van der Waals surface area contributed by atoms with Crippen LogP contribution in [0.2, 0.25) is 0 Å². The number of aromatic nitrogens is 1. The number of hydrazine groups is 1. The summed E-state index contributed by atoms with van der Waals surface area (Å²) in [6.07, 6.45) is 1.24. The Morgan fingerprint density at radius 1 is 0.978 bits per heavy atom. The summed E-state index contributed by atoms with van der Waals surface area (Å²) in [6.45, 7) is 6.73. The molecule has 0 radical (unpaired) electrons. The monoisotopic (exact) mass is 620 g/mol. The van der Waals surface area contributed by atoms with Crippen LogP contribution in [0, 0.1) is 0 Å². The molecule has 0 aliphatic carbocycles. The van der Waals surface area contributed by atoms with Crippen molar-refractivity contribution in [2.45, 2.75) is 57.9 Å². The normalized spacial score (nSPS) is 19.0. The number of nitrogens with one attached hydrogen (secondary N) is 1. The minimum Gasteiger partial charge on any atom is -0.508 e. The lowest BCUT2D eigenvalue weighted by Crippen LogP contribution is -2.76. The molecule has 0 spiro atoms. The quantitative estimate of drug-likeness (QED) is 0.331. The Labute approximate surface area is 269 Å². The zero-order valence-electron chi connectivity index (χ0n) is 26.7. The van der Waals surface area contributed by atoms with Gasteiger partial charge >= 0.3 is 6.03 Å². The number of hydrogen-bond acceptors (Lipinski definition) is 6. The van der Waals surface area contributed by atoms with Crippen molar-refractivity contribution in [1.29, 1.82) is 0 Å². The third-order valence-corrected chi connectivity index (χ3v) is 8.81. The maximum atomic E-state index is 14.4. The number of piperazine rings is 1. The summed E-state index contributed by atoms with van der Waals surface area (Å²) in [5, 5.41) is 17.8. The number of likely N-dealkylation sites (N-methyl/N-ethyl adjacent to an activating group) is 1. The highest BCUT2D eigenvalue weighted by molar-refractivity contribution is 5.92. The number of aromatic hydroxyl groups is 1. The van der Waals surface area contributed by atoms with Crippen molar-refractivity contribution in [3.63, 3.8) is 0 Å². The van der Waals surface area contributed by atoms with Gasteiger partial charge in [-0.1, -0.05) is 87.5 Å². The molecule has 3 heterocycles. The largest absolute Gasteiger partial charge is 0.508 e. The van der Waals surface area contributed by atoms with E-state index in [-0.39, 0.29) is 55.1 Å². The molecule has 10 nitrogen and oxygen atoms in total. The van der Waals surface area contributed by atoms with Crippen molar-refractivity contribution in [3.05, 3.63) is 107 Å². The first-order valence-electron chi connectivity index (χ1n) is 15.6. The summed E-state index contributed by atoms with van der Waals surface area (Å²) in [7, 11) is 1.72. The van der Waals surface area contributed by atoms with E-state index in [4.69, 9.17) is 0 Å². The Balaban J connectivity index is 1.37. The summed E-state index contributed by atoms with van der Waals surface area (Å²) < 4.78 is 0. The highest BCUT2D eigenvalue weighted by Crippen LogP contribution is 2.34. The molecule has 2 aliphatic heterocycles. The minimum atomic E-state index is -0.857. The molecule has 10 heteroatoms. The van der Waals surface area contributed by atoms with E-state index in [1.165, 1.54) is 0 Å². The molecule has 3 aromatic carbocycles. The average molecular weight is 621 g/mol. The summed E-state index contributed by atoms with van der Waals surface area (Å²) in [4.78, 5) is 49.9. The van der Waals surface area contributed by atoms with Crippen LogP contribution < -0.4 is 5.32 Å². The van der Waals surface area contributed by atoms with Crippen LogP contribution in [-0.2, 0) is 34.5 Å². The number of nitrogens with zero attached hydrogens (tertiary/aromatic N) is 5. The van der Waals surface area contributed by atoms with Gasteiger partial charge in [0.05, 0.1) is 18.6 Å². The third kappa shape index (κ3) is 6.12. The second-order valence-electron chi connectivity index (χ2n) is 13.1. The number of fused-ring (bicyclic) bond motifs is 2. The molecule has 2 saturated heterocycles. The van der Waals surface area contributed by atoms with Gasteiger partial charge in [0.15, 0.2) is 0 Å². The van der Waals surface area contributed by atoms with Gasteiger partial charge in [0.1, 0.15) is 18.0 Å². The Kier molecular flexibility index (Phi) is 8.39. The molecule has 2 fully saturated rings. The van der Waals surface area contributed by atoms with Gasteiger partial charge in [0.25, 0.3) is 0 Å². The maximum absolute atomic E-state index is 14.4. The van der Waals surface area contributed by atoms with E-state index >= 15 is 0 Å². The number of carbonyl (C=O) groups excluding carboxylic acids is 3. The number of para-hydroxylation sites is 1. The smallest absolute Gasteiger partial charge is 0.334 e. The third-order valence-electron chi connectivity index (χ3n) is 8.81. The molecule has 6 rings (SSSR count). The first-order chi connectivity index (χ1) is 22.0. The standard InChI is InChI=1S/C36H40N6O4/c1-36(2,3)28-18-25(15-16-30(28)43)19-29-34(45)40(21-27-13-8-12-26-14-9-17-37-33(26)27)22-31-41(29)32(44)23-39(4)42(31)35(46)38-20-24-10-6-5-7-11-24/h5-18,29,31,43H,19-23H2,1-4H3,(H,38,46)/t29-,31-/m0/s1. The van der Waals surface area contributed by atoms with E-state index in [1.54, 1.807) is 45.2 Å². The number of pyridine rings is 1. The molecule has 4 amide bonds. The first kappa shape index (κ1) is 31.0. The molecule has 238 valence electrons. The topological polar surface area (TPSA) is 109 Å². The van der Waals surface area contributed by atoms with E-state index in [2.05, 4.69) is 10.3 Å². The van der Waals surface area contributed by atoms with Crippen molar-refractivity contribution in [2.24, 2.45) is 0 Å². The number of phenolic OH excluding ortho intramolecular Hbond substituents is 1. The molecule has 2 atom stereocenters. The molecule has 4 aromatic rings. The second kappa shape index (κ2) is 12.4. The van der Waals surface area contributed by atoms with E-state index in [0.29, 0.717) is 6.54 Å². The molecule has 2 aliphatic rings. The zero-order chi connectivity index (χ0) is 32.6. The fraction of sp³-hybridized carbons (Fsp3) is 0.333. The van der Waals surface area contributed by atoms with Gasteiger partial charge < -0.3 is 20.2 Å². The van der Waals surface area contributed by atoms with Gasteiger partial charge in [-0.2, -0.15) is 0 Å². The van der Waals surface area contributed by atoms with Crippen molar-refractivity contribution < 1.29 is 19.5 Å². The predicted octanol–water partition coefficient (Wildman–Crippen LogP) is 4.42. The molecule has 2 N–H and O–H groups in total. The lowest BCUT2D eigenvalue weighted by atomic mass is 9.84. The van der Waals surface area contributed by atoms with Crippen molar-refractivity contribution in [2.75, 3.05) is 20.1 Å². The van der Waals surface area contributed by atoms with Gasteiger partial charge in [-0.05, 0) is 39.8 Å².